The van der Waals surface area contributed by atoms with Gasteiger partial charge in [0, 0.05) is 41.6 Å². The Hall–Kier alpha value is -2.72. The molecule has 3 nitrogen and oxygen atoms in total. The lowest BCUT2D eigenvalue weighted by atomic mass is 9.56. The third-order valence-corrected chi connectivity index (χ3v) is 8.26. The average molecular weight is 430 g/mol. The van der Waals surface area contributed by atoms with Crippen LogP contribution < -0.4 is 0 Å². The molecule has 2 aliphatic rings. The molecule has 0 bridgehead atoms. The van der Waals surface area contributed by atoms with Gasteiger partial charge in [-0.2, -0.15) is 0 Å². The highest BCUT2D eigenvalue weighted by Gasteiger charge is 2.55. The van der Waals surface area contributed by atoms with Crippen molar-refractivity contribution in [2.45, 2.75) is 31.6 Å². The molecule has 5 rings (SSSR count). The molecular formula is C27H27NO2S. The molecule has 0 N–H and O–H groups in total. The maximum atomic E-state index is 13.2. The largest absolute Gasteiger partial charge is 0.341 e. The molecule has 1 amide bonds. The number of likely N-dealkylation sites (tertiary alicyclic amines) is 1. The zero-order valence-corrected chi connectivity index (χ0v) is 18.6. The van der Waals surface area contributed by atoms with Crippen LogP contribution in [0.25, 0.3) is 0 Å². The number of amides is 1. The molecule has 158 valence electrons. The van der Waals surface area contributed by atoms with E-state index in [4.69, 9.17) is 0 Å². The summed E-state index contributed by atoms with van der Waals surface area (Å²) in [5.41, 5.74) is 3.38. The second-order valence-corrected chi connectivity index (χ2v) is 9.98. The van der Waals surface area contributed by atoms with E-state index in [1.54, 1.807) is 11.3 Å². The van der Waals surface area contributed by atoms with Crippen molar-refractivity contribution >= 4 is 23.0 Å². The van der Waals surface area contributed by atoms with Gasteiger partial charge in [-0.25, -0.2) is 0 Å². The fourth-order valence-electron chi connectivity index (χ4n) is 5.75. The summed E-state index contributed by atoms with van der Waals surface area (Å²) >= 11 is 1.68. The van der Waals surface area contributed by atoms with Crippen molar-refractivity contribution in [1.82, 2.24) is 4.90 Å². The summed E-state index contributed by atoms with van der Waals surface area (Å²) in [6, 6.07) is 23.2. The molecule has 0 radical (unpaired) electrons. The molecule has 1 aliphatic heterocycles. The van der Waals surface area contributed by atoms with E-state index in [0.29, 0.717) is 31.7 Å². The highest BCUT2D eigenvalue weighted by atomic mass is 32.1. The van der Waals surface area contributed by atoms with Gasteiger partial charge in [0.15, 0.2) is 0 Å². The maximum Gasteiger partial charge on any atom is 0.227 e. The lowest BCUT2D eigenvalue weighted by Crippen LogP contribution is -2.47. The van der Waals surface area contributed by atoms with E-state index in [0.717, 1.165) is 12.0 Å². The SMILES string of the molecule is Cc1sccc1CC(=O)N1CC2C(=O)CCC(c3ccccc3)(c3ccccc3)C2C1. The first-order chi connectivity index (χ1) is 15.1. The Kier molecular flexibility index (Phi) is 5.27. The smallest absolute Gasteiger partial charge is 0.227 e. The van der Waals surface area contributed by atoms with E-state index in [1.807, 2.05) is 28.5 Å². The van der Waals surface area contributed by atoms with Gasteiger partial charge in [0.05, 0.1) is 6.42 Å². The van der Waals surface area contributed by atoms with Crippen LogP contribution in [0.5, 0.6) is 0 Å². The lowest BCUT2D eigenvalue weighted by molar-refractivity contribution is -0.129. The summed E-state index contributed by atoms with van der Waals surface area (Å²) < 4.78 is 0. The Morgan fingerprint density at radius 2 is 1.65 bits per heavy atom. The summed E-state index contributed by atoms with van der Waals surface area (Å²) in [6.07, 6.45) is 1.79. The van der Waals surface area contributed by atoms with Gasteiger partial charge in [0.2, 0.25) is 5.91 Å². The molecule has 31 heavy (non-hydrogen) atoms. The minimum Gasteiger partial charge on any atom is -0.341 e. The van der Waals surface area contributed by atoms with Gasteiger partial charge >= 0.3 is 0 Å². The number of aryl methyl sites for hydroxylation is 1. The maximum absolute atomic E-state index is 13.2. The van der Waals surface area contributed by atoms with Gasteiger partial charge < -0.3 is 4.90 Å². The van der Waals surface area contributed by atoms with Gasteiger partial charge in [-0.15, -0.1) is 11.3 Å². The number of rotatable bonds is 4. The van der Waals surface area contributed by atoms with Crippen molar-refractivity contribution in [1.29, 1.82) is 0 Å². The number of hydrogen-bond donors (Lipinski definition) is 0. The van der Waals surface area contributed by atoms with Crippen LogP contribution in [-0.2, 0) is 21.4 Å². The molecule has 2 fully saturated rings. The van der Waals surface area contributed by atoms with Crippen LogP contribution >= 0.6 is 11.3 Å². The summed E-state index contributed by atoms with van der Waals surface area (Å²) in [7, 11) is 0. The zero-order chi connectivity index (χ0) is 21.4. The average Bonchev–Trinajstić information content (AvgIpc) is 3.43. The summed E-state index contributed by atoms with van der Waals surface area (Å²) in [5.74, 6) is 0.459. The fraction of sp³-hybridized carbons (Fsp3) is 0.333. The molecule has 4 heteroatoms. The Balaban J connectivity index is 1.53. The second kappa shape index (κ2) is 8.08. The van der Waals surface area contributed by atoms with Crippen molar-refractivity contribution in [3.05, 3.63) is 93.7 Å². The fourth-order valence-corrected chi connectivity index (χ4v) is 6.48. The molecule has 0 spiro atoms. The Morgan fingerprint density at radius 1 is 1.00 bits per heavy atom. The minimum atomic E-state index is -0.242. The van der Waals surface area contributed by atoms with E-state index in [9.17, 15) is 9.59 Å². The first-order valence-electron chi connectivity index (χ1n) is 11.0. The van der Waals surface area contributed by atoms with Crippen LogP contribution in [0.15, 0.2) is 72.1 Å². The van der Waals surface area contributed by atoms with Crippen molar-refractivity contribution in [3.63, 3.8) is 0 Å². The molecule has 1 aromatic heterocycles. The molecule has 2 aromatic carbocycles. The topological polar surface area (TPSA) is 37.4 Å². The second-order valence-electron chi connectivity index (χ2n) is 8.86. The standard InChI is InChI=1S/C27H27NO2S/c1-19-20(13-15-31-19)16-26(30)28-17-23-24(18-28)27(14-12-25(23)29,21-8-4-2-5-9-21)22-10-6-3-7-11-22/h2-11,13,15,23-24H,12,14,16-18H2,1H3. The first-order valence-corrected chi connectivity index (χ1v) is 11.9. The lowest BCUT2D eigenvalue weighted by Gasteiger charge is -2.45. The number of Topliss-reactive ketones (excluding diaryl/α,β-unsaturated/α-hetero) is 1. The predicted molar refractivity (Wildman–Crippen MR) is 124 cm³/mol. The monoisotopic (exact) mass is 429 g/mol. The number of carbonyl (C=O) groups excluding carboxylic acids is 2. The number of carbonyl (C=O) groups is 2. The molecule has 2 heterocycles. The van der Waals surface area contributed by atoms with Gasteiger partial charge in [-0.05, 0) is 41.5 Å². The Morgan fingerprint density at radius 3 is 2.23 bits per heavy atom. The first kappa shape index (κ1) is 20.2. The quantitative estimate of drug-likeness (QED) is 0.584. The van der Waals surface area contributed by atoms with Crippen LogP contribution in [-0.4, -0.2) is 29.7 Å². The van der Waals surface area contributed by atoms with Gasteiger partial charge in [0.1, 0.15) is 5.78 Å². The number of nitrogens with zero attached hydrogens (tertiary/aromatic N) is 1. The van der Waals surface area contributed by atoms with E-state index < -0.39 is 0 Å². The normalized spacial score (nSPS) is 22.4. The highest BCUT2D eigenvalue weighted by Crippen LogP contribution is 2.52. The molecule has 2 unspecified atom stereocenters. The van der Waals surface area contributed by atoms with E-state index in [-0.39, 0.29) is 23.2 Å². The number of benzene rings is 2. The molecule has 1 saturated carbocycles. The molecule has 3 aromatic rings. The van der Waals surface area contributed by atoms with Crippen LogP contribution in [0.3, 0.4) is 0 Å². The predicted octanol–water partition coefficient (Wildman–Crippen LogP) is 5.02. The van der Waals surface area contributed by atoms with Crippen molar-refractivity contribution in [2.24, 2.45) is 11.8 Å². The van der Waals surface area contributed by atoms with Crippen molar-refractivity contribution in [2.75, 3.05) is 13.1 Å². The minimum absolute atomic E-state index is 0.0957. The van der Waals surface area contributed by atoms with Gasteiger partial charge in [0.25, 0.3) is 0 Å². The van der Waals surface area contributed by atoms with Crippen molar-refractivity contribution < 1.29 is 9.59 Å². The third kappa shape index (κ3) is 3.43. The van der Waals surface area contributed by atoms with Crippen molar-refractivity contribution in [3.8, 4) is 0 Å². The number of hydrogen-bond acceptors (Lipinski definition) is 3. The molecule has 2 atom stereocenters. The molecule has 1 saturated heterocycles. The summed E-state index contributed by atoms with van der Waals surface area (Å²) in [6.45, 7) is 3.26. The third-order valence-electron chi connectivity index (χ3n) is 7.37. The summed E-state index contributed by atoms with van der Waals surface area (Å²) in [5, 5.41) is 2.04. The summed E-state index contributed by atoms with van der Waals surface area (Å²) in [4.78, 5) is 29.4. The number of thiophene rings is 1. The van der Waals surface area contributed by atoms with Gasteiger partial charge in [-0.1, -0.05) is 60.7 Å². The zero-order valence-electron chi connectivity index (χ0n) is 17.8. The van der Waals surface area contributed by atoms with E-state index in [2.05, 4.69) is 55.5 Å². The number of fused-ring (bicyclic) bond motifs is 1. The molecular weight excluding hydrogens is 402 g/mol. The van der Waals surface area contributed by atoms with E-state index >= 15 is 0 Å². The van der Waals surface area contributed by atoms with Crippen LogP contribution in [0.2, 0.25) is 0 Å². The highest BCUT2D eigenvalue weighted by molar-refractivity contribution is 7.10. The van der Waals surface area contributed by atoms with Crippen LogP contribution in [0, 0.1) is 18.8 Å². The van der Waals surface area contributed by atoms with Gasteiger partial charge in [-0.3, -0.25) is 9.59 Å². The van der Waals surface area contributed by atoms with E-state index in [1.165, 1.54) is 16.0 Å². The number of ketones is 1. The Bertz CT molecular complexity index is 1050. The van der Waals surface area contributed by atoms with Crippen LogP contribution in [0.1, 0.15) is 34.4 Å². The van der Waals surface area contributed by atoms with Crippen LogP contribution in [0.4, 0.5) is 0 Å². The Labute approximate surface area is 187 Å². The molecule has 1 aliphatic carbocycles.